The molecule has 1 unspecified atom stereocenters. The molecule has 0 bridgehead atoms. The molecule has 9 heteroatoms. The van der Waals surface area contributed by atoms with Crippen LogP contribution in [0.2, 0.25) is 0 Å². The Labute approximate surface area is 105 Å². The zero-order valence-corrected chi connectivity index (χ0v) is 11.2. The molecule has 0 aliphatic heterocycles. The maximum absolute atomic E-state index is 11.3. The number of nitrogens with zero attached hydrogens (tertiary/aromatic N) is 2. The fourth-order valence-corrected chi connectivity index (χ4v) is 2.09. The number of hydrogen-bond acceptors (Lipinski definition) is 6. The summed E-state index contributed by atoms with van der Waals surface area (Å²) in [5.41, 5.74) is 0. The van der Waals surface area contributed by atoms with Gasteiger partial charge in [0.05, 0.1) is 5.75 Å². The Bertz CT molecular complexity index is 445. The first-order valence-corrected chi connectivity index (χ1v) is 7.22. The summed E-state index contributed by atoms with van der Waals surface area (Å²) in [6, 6.07) is 0.166. The summed E-state index contributed by atoms with van der Waals surface area (Å²) < 4.78 is 30.1. The maximum atomic E-state index is 11.3. The minimum atomic E-state index is -3.24. The van der Waals surface area contributed by atoms with Gasteiger partial charge in [0.15, 0.2) is 0 Å². The van der Waals surface area contributed by atoms with Gasteiger partial charge in [0, 0.05) is 13.1 Å². The number of sulfonamides is 1. The monoisotopic (exact) mass is 282 g/mol. The predicted octanol–water partition coefficient (Wildman–Crippen LogP) is 0.721. The van der Waals surface area contributed by atoms with Crippen molar-refractivity contribution < 1.29 is 12.8 Å². The third kappa shape index (κ3) is 4.88. The molecule has 1 atom stereocenters. The van der Waals surface area contributed by atoms with E-state index >= 15 is 0 Å². The van der Waals surface area contributed by atoms with Crippen LogP contribution in [0.1, 0.15) is 25.1 Å². The van der Waals surface area contributed by atoms with E-state index in [-0.39, 0.29) is 23.7 Å². The van der Waals surface area contributed by atoms with Crippen LogP contribution in [0.4, 0.5) is 6.01 Å². The van der Waals surface area contributed by atoms with Crippen molar-refractivity contribution in [2.75, 3.05) is 24.2 Å². The van der Waals surface area contributed by atoms with Crippen molar-refractivity contribution in [2.24, 2.45) is 0 Å². The van der Waals surface area contributed by atoms with Crippen LogP contribution in [0.15, 0.2) is 4.42 Å². The Morgan fingerprint density at radius 1 is 1.47 bits per heavy atom. The molecule has 1 aromatic rings. The number of rotatable bonds is 7. The van der Waals surface area contributed by atoms with Crippen molar-refractivity contribution >= 4 is 27.6 Å². The summed E-state index contributed by atoms with van der Waals surface area (Å²) in [6.07, 6.45) is 0. The molecule has 2 N–H and O–H groups in total. The fraction of sp³-hybridized carbons (Fsp3) is 0.750. The maximum Gasteiger partial charge on any atom is 0.315 e. The van der Waals surface area contributed by atoms with Gasteiger partial charge in [0.2, 0.25) is 15.9 Å². The molecule has 0 spiro atoms. The Morgan fingerprint density at radius 2 is 2.18 bits per heavy atom. The van der Waals surface area contributed by atoms with Crippen LogP contribution in [-0.4, -0.2) is 37.5 Å². The van der Waals surface area contributed by atoms with Crippen molar-refractivity contribution in [3.05, 3.63) is 5.89 Å². The molecule has 0 radical (unpaired) electrons. The fourth-order valence-electron chi connectivity index (χ4n) is 1.05. The van der Waals surface area contributed by atoms with E-state index in [4.69, 9.17) is 16.0 Å². The standard InChI is InChI=1S/C8H15ClN4O3S/c1-3-11-17(14,15)5-4-10-8-13-12-7(16-8)6(2)9/h6,11H,3-5H2,1-2H3,(H,10,13). The number of hydrogen-bond donors (Lipinski definition) is 2. The number of aromatic nitrogens is 2. The van der Waals surface area contributed by atoms with Crippen molar-refractivity contribution in [1.82, 2.24) is 14.9 Å². The van der Waals surface area contributed by atoms with Gasteiger partial charge in [0.1, 0.15) is 5.38 Å². The highest BCUT2D eigenvalue weighted by molar-refractivity contribution is 7.89. The van der Waals surface area contributed by atoms with E-state index in [1.807, 2.05) is 0 Å². The molecule has 0 fully saturated rings. The second-order valence-corrected chi connectivity index (χ2v) is 5.89. The number of nitrogens with one attached hydrogen (secondary N) is 2. The Balaban J connectivity index is 2.40. The molecule has 1 heterocycles. The molecular weight excluding hydrogens is 268 g/mol. The van der Waals surface area contributed by atoms with Gasteiger partial charge in [-0.15, -0.1) is 16.7 Å². The smallest absolute Gasteiger partial charge is 0.315 e. The lowest BCUT2D eigenvalue weighted by Crippen LogP contribution is -2.29. The molecular formula is C8H15ClN4O3S. The van der Waals surface area contributed by atoms with Crippen LogP contribution >= 0.6 is 11.6 Å². The lowest BCUT2D eigenvalue weighted by molar-refractivity contribution is 0.506. The molecule has 0 amide bonds. The number of halogens is 1. The molecule has 98 valence electrons. The molecule has 17 heavy (non-hydrogen) atoms. The largest absolute Gasteiger partial charge is 0.407 e. The van der Waals surface area contributed by atoms with E-state index < -0.39 is 10.0 Å². The average molecular weight is 283 g/mol. The van der Waals surface area contributed by atoms with E-state index in [0.717, 1.165) is 0 Å². The summed E-state index contributed by atoms with van der Waals surface area (Å²) in [5, 5.41) is 9.71. The van der Waals surface area contributed by atoms with Crippen LogP contribution in [-0.2, 0) is 10.0 Å². The zero-order valence-electron chi connectivity index (χ0n) is 9.60. The summed E-state index contributed by atoms with van der Waals surface area (Å²) in [4.78, 5) is 0. The van der Waals surface area contributed by atoms with Gasteiger partial charge in [-0.3, -0.25) is 0 Å². The summed E-state index contributed by atoms with van der Waals surface area (Å²) >= 11 is 5.73. The van der Waals surface area contributed by atoms with E-state index in [1.54, 1.807) is 13.8 Å². The normalized spacial score (nSPS) is 13.6. The van der Waals surface area contributed by atoms with Gasteiger partial charge in [-0.05, 0) is 6.92 Å². The lowest BCUT2D eigenvalue weighted by Gasteiger charge is -2.03. The van der Waals surface area contributed by atoms with Crippen LogP contribution in [0.25, 0.3) is 0 Å². The van der Waals surface area contributed by atoms with Gasteiger partial charge < -0.3 is 9.73 Å². The molecule has 1 rings (SSSR count). The predicted molar refractivity (Wildman–Crippen MR) is 64.5 cm³/mol. The van der Waals surface area contributed by atoms with E-state index in [1.165, 1.54) is 0 Å². The van der Waals surface area contributed by atoms with Crippen LogP contribution in [0, 0.1) is 0 Å². The van der Waals surface area contributed by atoms with E-state index in [2.05, 4.69) is 20.2 Å². The van der Waals surface area contributed by atoms with Crippen molar-refractivity contribution in [3.63, 3.8) is 0 Å². The van der Waals surface area contributed by atoms with Gasteiger partial charge in [-0.2, -0.15) is 0 Å². The highest BCUT2D eigenvalue weighted by Gasteiger charge is 2.12. The van der Waals surface area contributed by atoms with Gasteiger partial charge in [-0.25, -0.2) is 13.1 Å². The molecule has 0 saturated carbocycles. The van der Waals surface area contributed by atoms with Crippen LogP contribution < -0.4 is 10.0 Å². The highest BCUT2D eigenvalue weighted by Crippen LogP contribution is 2.18. The molecule has 0 aromatic carbocycles. The Hall–Kier alpha value is -0.860. The summed E-state index contributed by atoms with van der Waals surface area (Å²) in [7, 11) is -3.24. The Morgan fingerprint density at radius 3 is 2.71 bits per heavy atom. The van der Waals surface area contributed by atoms with Gasteiger partial charge in [0.25, 0.3) is 0 Å². The Kier molecular flexibility index (Phi) is 5.16. The average Bonchev–Trinajstić information content (AvgIpc) is 2.66. The van der Waals surface area contributed by atoms with Crippen LogP contribution in [0.5, 0.6) is 0 Å². The summed E-state index contributed by atoms with van der Waals surface area (Å²) in [6.45, 7) is 3.98. The second kappa shape index (κ2) is 6.18. The quantitative estimate of drug-likeness (QED) is 0.715. The van der Waals surface area contributed by atoms with E-state index in [9.17, 15) is 8.42 Å². The third-order valence-electron chi connectivity index (χ3n) is 1.79. The van der Waals surface area contributed by atoms with Gasteiger partial charge >= 0.3 is 6.01 Å². The molecule has 0 aliphatic rings. The molecule has 0 aliphatic carbocycles. The van der Waals surface area contributed by atoms with E-state index in [0.29, 0.717) is 12.4 Å². The number of anilines is 1. The van der Waals surface area contributed by atoms with Crippen molar-refractivity contribution in [2.45, 2.75) is 19.2 Å². The van der Waals surface area contributed by atoms with Crippen LogP contribution in [0.3, 0.4) is 0 Å². The molecule has 1 aromatic heterocycles. The highest BCUT2D eigenvalue weighted by atomic mass is 35.5. The number of alkyl halides is 1. The SMILES string of the molecule is CCNS(=O)(=O)CCNc1nnc(C(C)Cl)o1. The topological polar surface area (TPSA) is 97.1 Å². The second-order valence-electron chi connectivity index (χ2n) is 3.30. The van der Waals surface area contributed by atoms with Crippen molar-refractivity contribution in [1.29, 1.82) is 0 Å². The first kappa shape index (κ1) is 14.2. The lowest BCUT2D eigenvalue weighted by atomic mass is 10.5. The minimum Gasteiger partial charge on any atom is -0.407 e. The summed E-state index contributed by atoms with van der Waals surface area (Å²) in [5.74, 6) is 0.235. The molecule has 7 nitrogen and oxygen atoms in total. The molecule has 0 saturated heterocycles. The van der Waals surface area contributed by atoms with Crippen molar-refractivity contribution in [3.8, 4) is 0 Å². The first-order chi connectivity index (χ1) is 7.94. The third-order valence-corrected chi connectivity index (χ3v) is 3.45. The first-order valence-electron chi connectivity index (χ1n) is 5.13. The zero-order chi connectivity index (χ0) is 12.9. The minimum absolute atomic E-state index is 0.0605. The van der Waals surface area contributed by atoms with Gasteiger partial charge in [-0.1, -0.05) is 12.0 Å².